The van der Waals surface area contributed by atoms with Gasteiger partial charge in [-0.1, -0.05) is 50.3 Å². The summed E-state index contributed by atoms with van der Waals surface area (Å²) in [4.78, 5) is 13.3. The first kappa shape index (κ1) is 17.6. The highest BCUT2D eigenvalue weighted by Gasteiger charge is 2.16. The molecule has 0 spiro atoms. The van der Waals surface area contributed by atoms with Gasteiger partial charge in [-0.3, -0.25) is 9.69 Å². The molecule has 1 aromatic carbocycles. The number of aliphatic hydroxyl groups is 1. The first-order valence-electron chi connectivity index (χ1n) is 6.88. The van der Waals surface area contributed by atoms with Crippen molar-refractivity contribution in [1.82, 2.24) is 4.90 Å². The van der Waals surface area contributed by atoms with Crippen LogP contribution in [0, 0.1) is 5.92 Å². The van der Waals surface area contributed by atoms with E-state index in [1.54, 1.807) is 24.3 Å². The highest BCUT2D eigenvalue weighted by atomic mass is 32.1. The van der Waals surface area contributed by atoms with Crippen molar-refractivity contribution in [3.05, 3.63) is 35.4 Å². The van der Waals surface area contributed by atoms with Gasteiger partial charge in [0.15, 0.2) is 0 Å². The topological polar surface area (TPSA) is 92.6 Å². The summed E-state index contributed by atoms with van der Waals surface area (Å²) in [6.45, 7) is 5.30. The number of rotatable bonds is 8. The maximum atomic E-state index is 11.1. The van der Waals surface area contributed by atoms with Crippen LogP contribution < -0.4 is 11.5 Å². The van der Waals surface area contributed by atoms with E-state index in [4.69, 9.17) is 23.7 Å². The van der Waals surface area contributed by atoms with Crippen LogP contribution in [-0.4, -0.2) is 40.5 Å². The fraction of sp³-hybridized carbons (Fsp3) is 0.467. The van der Waals surface area contributed by atoms with E-state index in [0.717, 1.165) is 11.1 Å². The minimum atomic E-state index is -0.691. The molecule has 1 rings (SSSR count). The van der Waals surface area contributed by atoms with Gasteiger partial charge in [-0.25, -0.2) is 0 Å². The molecule has 21 heavy (non-hydrogen) atoms. The highest BCUT2D eigenvalue weighted by Crippen LogP contribution is 2.16. The molecule has 5 N–H and O–H groups in total. The summed E-state index contributed by atoms with van der Waals surface area (Å²) in [5.74, 6) is -0.0137. The van der Waals surface area contributed by atoms with Crippen molar-refractivity contribution in [3.8, 4) is 0 Å². The molecule has 0 aliphatic carbocycles. The van der Waals surface area contributed by atoms with Crippen molar-refractivity contribution in [2.24, 2.45) is 17.4 Å². The predicted molar refractivity (Wildman–Crippen MR) is 87.8 cm³/mol. The summed E-state index contributed by atoms with van der Waals surface area (Å²) in [5, 5.41) is 10.3. The van der Waals surface area contributed by atoms with Crippen molar-refractivity contribution in [2.45, 2.75) is 20.0 Å². The molecule has 0 aromatic heterocycles. The van der Waals surface area contributed by atoms with E-state index >= 15 is 0 Å². The Labute approximate surface area is 130 Å². The Balaban J connectivity index is 2.73. The maximum absolute atomic E-state index is 11.1. The number of amides is 1. The fourth-order valence-electron chi connectivity index (χ4n) is 2.16. The van der Waals surface area contributed by atoms with Crippen LogP contribution in [0.2, 0.25) is 0 Å². The molecule has 0 radical (unpaired) electrons. The van der Waals surface area contributed by atoms with E-state index in [1.165, 1.54) is 0 Å². The number of hydrogen-bond acceptors (Lipinski definition) is 4. The monoisotopic (exact) mass is 309 g/mol. The molecule has 116 valence electrons. The van der Waals surface area contributed by atoms with Crippen LogP contribution in [0.5, 0.6) is 0 Å². The molecule has 0 heterocycles. The highest BCUT2D eigenvalue weighted by molar-refractivity contribution is 7.80. The quantitative estimate of drug-likeness (QED) is 0.618. The lowest BCUT2D eigenvalue weighted by atomic mass is 10.1. The van der Waals surface area contributed by atoms with Gasteiger partial charge in [0.05, 0.1) is 12.6 Å². The molecule has 1 atom stereocenters. The van der Waals surface area contributed by atoms with E-state index in [1.807, 2.05) is 4.90 Å². The van der Waals surface area contributed by atoms with E-state index in [0.29, 0.717) is 24.0 Å². The largest absolute Gasteiger partial charge is 0.389 e. The predicted octanol–water partition coefficient (Wildman–Crippen LogP) is 0.798. The van der Waals surface area contributed by atoms with Gasteiger partial charge in [0.2, 0.25) is 5.91 Å². The summed E-state index contributed by atoms with van der Waals surface area (Å²) in [6.07, 6.45) is -0.691. The van der Waals surface area contributed by atoms with Crippen LogP contribution >= 0.6 is 12.2 Å². The zero-order chi connectivity index (χ0) is 16.0. The Morgan fingerprint density at radius 2 is 1.81 bits per heavy atom. The average molecular weight is 309 g/mol. The standard InChI is InChI=1S/C15H23N3O2S/c1-10(2)7-18(9-14(16)20)8-13(19)11-3-5-12(6-4-11)15(17)21/h3-6,10,13,19H,7-9H2,1-2H3,(H2,16,20)(H2,17,21). The van der Waals surface area contributed by atoms with Gasteiger partial charge < -0.3 is 16.6 Å². The van der Waals surface area contributed by atoms with Gasteiger partial charge in [-0.05, 0) is 11.5 Å². The number of nitrogens with two attached hydrogens (primary N) is 2. The lowest BCUT2D eigenvalue weighted by Gasteiger charge is -2.25. The smallest absolute Gasteiger partial charge is 0.231 e. The number of benzene rings is 1. The number of nitrogens with zero attached hydrogens (tertiary/aromatic N) is 1. The summed E-state index contributed by atoms with van der Waals surface area (Å²) in [6, 6.07) is 7.14. The second kappa shape index (κ2) is 8.07. The van der Waals surface area contributed by atoms with Crippen molar-refractivity contribution in [2.75, 3.05) is 19.6 Å². The molecule has 1 amide bonds. The zero-order valence-electron chi connectivity index (χ0n) is 12.5. The molecule has 0 saturated carbocycles. The van der Waals surface area contributed by atoms with Crippen molar-refractivity contribution in [3.63, 3.8) is 0 Å². The lowest BCUT2D eigenvalue weighted by Crippen LogP contribution is -2.38. The van der Waals surface area contributed by atoms with E-state index in [-0.39, 0.29) is 6.54 Å². The van der Waals surface area contributed by atoms with Gasteiger partial charge in [0, 0.05) is 18.7 Å². The van der Waals surface area contributed by atoms with Crippen LogP contribution in [0.25, 0.3) is 0 Å². The molecule has 1 aromatic rings. The van der Waals surface area contributed by atoms with Crippen LogP contribution in [0.1, 0.15) is 31.1 Å². The third-order valence-corrected chi connectivity index (χ3v) is 3.25. The first-order valence-corrected chi connectivity index (χ1v) is 7.29. The molecule has 0 fully saturated rings. The Morgan fingerprint density at radius 1 is 1.24 bits per heavy atom. The van der Waals surface area contributed by atoms with Gasteiger partial charge in [0.1, 0.15) is 4.99 Å². The van der Waals surface area contributed by atoms with E-state index in [9.17, 15) is 9.90 Å². The number of carbonyl (C=O) groups excluding carboxylic acids is 1. The third kappa shape index (κ3) is 6.20. The SMILES string of the molecule is CC(C)CN(CC(N)=O)CC(O)c1ccc(C(N)=S)cc1. The molecule has 0 saturated heterocycles. The van der Waals surface area contributed by atoms with Gasteiger partial charge in [0.25, 0.3) is 0 Å². The number of thiocarbonyl (C=S) groups is 1. The average Bonchev–Trinajstić information content (AvgIpc) is 2.37. The molecule has 1 unspecified atom stereocenters. The van der Waals surface area contributed by atoms with Crippen LogP contribution in [-0.2, 0) is 4.79 Å². The van der Waals surface area contributed by atoms with Gasteiger partial charge in [-0.2, -0.15) is 0 Å². The number of hydrogen-bond donors (Lipinski definition) is 3. The second-order valence-corrected chi connectivity index (χ2v) is 6.00. The molecule has 0 bridgehead atoms. The zero-order valence-corrected chi connectivity index (χ0v) is 13.3. The minimum absolute atomic E-state index is 0.139. The van der Waals surface area contributed by atoms with Crippen molar-refractivity contribution >= 4 is 23.1 Å². The third-order valence-electron chi connectivity index (χ3n) is 3.01. The molecular formula is C15H23N3O2S. The van der Waals surface area contributed by atoms with E-state index < -0.39 is 12.0 Å². The maximum Gasteiger partial charge on any atom is 0.231 e. The van der Waals surface area contributed by atoms with Crippen LogP contribution in [0.4, 0.5) is 0 Å². The number of carbonyl (C=O) groups is 1. The van der Waals surface area contributed by atoms with Crippen molar-refractivity contribution < 1.29 is 9.90 Å². The summed E-state index contributed by atoms with van der Waals surface area (Å²) >= 11 is 4.89. The normalized spacial score (nSPS) is 12.6. The Bertz CT molecular complexity index is 488. The minimum Gasteiger partial charge on any atom is -0.389 e. The van der Waals surface area contributed by atoms with Crippen molar-refractivity contribution in [1.29, 1.82) is 0 Å². The Morgan fingerprint density at radius 3 is 2.24 bits per heavy atom. The molecule has 0 aliphatic heterocycles. The van der Waals surface area contributed by atoms with Crippen LogP contribution in [0.3, 0.4) is 0 Å². The molecule has 0 aliphatic rings. The lowest BCUT2D eigenvalue weighted by molar-refractivity contribution is -0.119. The van der Waals surface area contributed by atoms with Gasteiger partial charge in [-0.15, -0.1) is 0 Å². The van der Waals surface area contributed by atoms with Gasteiger partial charge >= 0.3 is 0 Å². The van der Waals surface area contributed by atoms with Crippen LogP contribution in [0.15, 0.2) is 24.3 Å². The summed E-state index contributed by atoms with van der Waals surface area (Å²) in [7, 11) is 0. The Hall–Kier alpha value is -1.50. The molecule has 6 heteroatoms. The summed E-state index contributed by atoms with van der Waals surface area (Å²) in [5.41, 5.74) is 12.3. The molecular weight excluding hydrogens is 286 g/mol. The first-order chi connectivity index (χ1) is 9.79. The number of aliphatic hydroxyl groups excluding tert-OH is 1. The fourth-order valence-corrected chi connectivity index (χ4v) is 2.30. The number of primary amides is 1. The summed E-state index contributed by atoms with van der Waals surface area (Å²) < 4.78 is 0. The van der Waals surface area contributed by atoms with E-state index in [2.05, 4.69) is 13.8 Å². The molecule has 5 nitrogen and oxygen atoms in total. The Kier molecular flexibility index (Phi) is 6.74. The second-order valence-electron chi connectivity index (χ2n) is 5.56.